The average Bonchev–Trinajstić information content (AvgIpc) is 2.34. The molecule has 1 aliphatic rings. The second-order valence-electron chi connectivity index (χ2n) is 5.25. The maximum absolute atomic E-state index is 12.2. The van der Waals surface area contributed by atoms with Gasteiger partial charge in [-0.3, -0.25) is 0 Å². The largest absolute Gasteiger partial charge is 0.325 e. The van der Waals surface area contributed by atoms with E-state index in [1.54, 1.807) is 0 Å². The number of rotatable bonds is 1. The van der Waals surface area contributed by atoms with Crippen molar-refractivity contribution in [2.45, 2.75) is 40.0 Å². The third-order valence-electron chi connectivity index (χ3n) is 3.55. The van der Waals surface area contributed by atoms with Crippen molar-refractivity contribution >= 4 is 11.7 Å². The molecule has 3 nitrogen and oxygen atoms in total. The number of aryl methyl sites for hydroxylation is 3. The fourth-order valence-corrected chi connectivity index (χ4v) is 2.66. The number of amides is 2. The first-order chi connectivity index (χ1) is 8.58. The van der Waals surface area contributed by atoms with Crippen LogP contribution in [0.2, 0.25) is 0 Å². The van der Waals surface area contributed by atoms with Crippen LogP contribution in [0.4, 0.5) is 10.5 Å². The van der Waals surface area contributed by atoms with E-state index in [9.17, 15) is 4.79 Å². The van der Waals surface area contributed by atoms with E-state index in [1.165, 1.54) is 12.0 Å². The van der Waals surface area contributed by atoms with Crippen LogP contribution < -0.4 is 5.32 Å². The number of carbonyl (C=O) groups is 1. The van der Waals surface area contributed by atoms with Gasteiger partial charge < -0.3 is 10.2 Å². The van der Waals surface area contributed by atoms with Gasteiger partial charge in [0.1, 0.15) is 0 Å². The highest BCUT2D eigenvalue weighted by Gasteiger charge is 2.17. The zero-order chi connectivity index (χ0) is 13.1. The third-order valence-corrected chi connectivity index (χ3v) is 3.55. The molecule has 18 heavy (non-hydrogen) atoms. The van der Waals surface area contributed by atoms with Crippen molar-refractivity contribution in [1.29, 1.82) is 0 Å². The molecule has 0 atom stereocenters. The molecule has 98 valence electrons. The van der Waals surface area contributed by atoms with Gasteiger partial charge in [0, 0.05) is 18.8 Å². The van der Waals surface area contributed by atoms with Crippen molar-refractivity contribution in [2.24, 2.45) is 0 Å². The molecule has 1 aliphatic heterocycles. The number of nitrogens with one attached hydrogen (secondary N) is 1. The fraction of sp³-hybridized carbons (Fsp3) is 0.533. The Kier molecular flexibility index (Phi) is 3.90. The minimum absolute atomic E-state index is 0.0461. The monoisotopic (exact) mass is 246 g/mol. The first-order valence-electron chi connectivity index (χ1n) is 6.71. The summed E-state index contributed by atoms with van der Waals surface area (Å²) in [6.45, 7) is 7.94. The summed E-state index contributed by atoms with van der Waals surface area (Å²) in [5.41, 5.74) is 4.48. The highest BCUT2D eigenvalue weighted by molar-refractivity contribution is 5.91. The third kappa shape index (κ3) is 2.84. The van der Waals surface area contributed by atoms with Crippen molar-refractivity contribution in [1.82, 2.24) is 4.90 Å². The predicted molar refractivity (Wildman–Crippen MR) is 75.1 cm³/mol. The second-order valence-corrected chi connectivity index (χ2v) is 5.25. The summed E-state index contributed by atoms with van der Waals surface area (Å²) in [5, 5.41) is 3.06. The SMILES string of the molecule is Cc1cc(C)c(NC(=O)N2CCCCC2)c(C)c1. The molecular formula is C15H22N2O. The molecule has 0 aromatic heterocycles. The molecule has 0 saturated carbocycles. The van der Waals surface area contributed by atoms with Crippen molar-refractivity contribution in [3.63, 3.8) is 0 Å². The van der Waals surface area contributed by atoms with Crippen molar-refractivity contribution < 1.29 is 4.79 Å². The van der Waals surface area contributed by atoms with Gasteiger partial charge in [0.2, 0.25) is 0 Å². The minimum Gasteiger partial charge on any atom is -0.325 e. The molecular weight excluding hydrogens is 224 g/mol. The molecule has 1 heterocycles. The van der Waals surface area contributed by atoms with Crippen LogP contribution >= 0.6 is 0 Å². The molecule has 1 fully saturated rings. The van der Waals surface area contributed by atoms with Gasteiger partial charge in [-0.25, -0.2) is 4.79 Å². The molecule has 0 aliphatic carbocycles. The molecule has 1 aromatic rings. The molecule has 2 amide bonds. The molecule has 0 unspecified atom stereocenters. The Labute approximate surface area is 109 Å². The Morgan fingerprint density at radius 3 is 2.17 bits per heavy atom. The van der Waals surface area contributed by atoms with Crippen LogP contribution in [-0.2, 0) is 0 Å². The number of nitrogens with zero attached hydrogens (tertiary/aromatic N) is 1. The molecule has 0 radical (unpaired) electrons. The molecule has 0 bridgehead atoms. The molecule has 0 spiro atoms. The number of anilines is 1. The lowest BCUT2D eigenvalue weighted by molar-refractivity contribution is 0.200. The van der Waals surface area contributed by atoms with E-state index >= 15 is 0 Å². The van der Waals surface area contributed by atoms with E-state index in [1.807, 2.05) is 18.7 Å². The Morgan fingerprint density at radius 2 is 1.61 bits per heavy atom. The topological polar surface area (TPSA) is 32.3 Å². The van der Waals surface area contributed by atoms with E-state index < -0.39 is 0 Å². The lowest BCUT2D eigenvalue weighted by Crippen LogP contribution is -2.38. The summed E-state index contributed by atoms with van der Waals surface area (Å²) in [6.07, 6.45) is 3.49. The maximum Gasteiger partial charge on any atom is 0.321 e. The van der Waals surface area contributed by atoms with E-state index in [0.29, 0.717) is 0 Å². The summed E-state index contributed by atoms with van der Waals surface area (Å²) in [6, 6.07) is 4.27. The van der Waals surface area contributed by atoms with Crippen LogP contribution in [-0.4, -0.2) is 24.0 Å². The quantitative estimate of drug-likeness (QED) is 0.806. The minimum atomic E-state index is 0.0461. The van der Waals surface area contributed by atoms with Gasteiger partial charge in [0.05, 0.1) is 0 Å². The number of benzene rings is 1. The van der Waals surface area contributed by atoms with Gasteiger partial charge in [-0.15, -0.1) is 0 Å². The molecule has 3 heteroatoms. The Morgan fingerprint density at radius 1 is 1.06 bits per heavy atom. The van der Waals surface area contributed by atoms with Crippen molar-refractivity contribution in [3.05, 3.63) is 28.8 Å². The van der Waals surface area contributed by atoms with Gasteiger partial charge in [-0.1, -0.05) is 17.7 Å². The van der Waals surface area contributed by atoms with Crippen LogP contribution in [0.25, 0.3) is 0 Å². The summed E-state index contributed by atoms with van der Waals surface area (Å²) in [5.74, 6) is 0. The van der Waals surface area contributed by atoms with Gasteiger partial charge in [-0.05, 0) is 51.2 Å². The van der Waals surface area contributed by atoms with Crippen LogP contribution in [0.3, 0.4) is 0 Å². The molecule has 1 saturated heterocycles. The average molecular weight is 246 g/mol. The lowest BCUT2D eigenvalue weighted by atomic mass is 10.1. The van der Waals surface area contributed by atoms with Crippen molar-refractivity contribution in [2.75, 3.05) is 18.4 Å². The van der Waals surface area contributed by atoms with E-state index in [2.05, 4.69) is 24.4 Å². The summed E-state index contributed by atoms with van der Waals surface area (Å²) in [7, 11) is 0. The smallest absolute Gasteiger partial charge is 0.321 e. The molecule has 2 rings (SSSR count). The number of urea groups is 1. The standard InChI is InChI=1S/C15H22N2O/c1-11-9-12(2)14(13(3)10-11)16-15(18)17-7-5-4-6-8-17/h9-10H,4-8H2,1-3H3,(H,16,18). The van der Waals surface area contributed by atoms with Crippen LogP contribution in [0, 0.1) is 20.8 Å². The van der Waals surface area contributed by atoms with E-state index in [-0.39, 0.29) is 6.03 Å². The highest BCUT2D eigenvalue weighted by atomic mass is 16.2. The van der Waals surface area contributed by atoms with Gasteiger partial charge >= 0.3 is 6.03 Å². The number of piperidine rings is 1. The molecule has 1 N–H and O–H groups in total. The predicted octanol–water partition coefficient (Wildman–Crippen LogP) is 3.63. The Bertz CT molecular complexity index is 425. The normalized spacial score (nSPS) is 15.6. The number of hydrogen-bond donors (Lipinski definition) is 1. The Balaban J connectivity index is 2.11. The van der Waals surface area contributed by atoms with Crippen LogP contribution in [0.5, 0.6) is 0 Å². The number of carbonyl (C=O) groups excluding carboxylic acids is 1. The number of likely N-dealkylation sites (tertiary alicyclic amines) is 1. The summed E-state index contributed by atoms with van der Waals surface area (Å²) >= 11 is 0. The zero-order valence-electron chi connectivity index (χ0n) is 11.5. The zero-order valence-corrected chi connectivity index (χ0v) is 11.5. The maximum atomic E-state index is 12.2. The van der Waals surface area contributed by atoms with E-state index in [0.717, 1.165) is 42.7 Å². The number of hydrogen-bond acceptors (Lipinski definition) is 1. The van der Waals surface area contributed by atoms with E-state index in [4.69, 9.17) is 0 Å². The second kappa shape index (κ2) is 5.42. The van der Waals surface area contributed by atoms with Gasteiger partial charge in [0.15, 0.2) is 0 Å². The van der Waals surface area contributed by atoms with Crippen molar-refractivity contribution in [3.8, 4) is 0 Å². The fourth-order valence-electron chi connectivity index (χ4n) is 2.66. The first kappa shape index (κ1) is 12.9. The first-order valence-corrected chi connectivity index (χ1v) is 6.71. The molecule has 1 aromatic carbocycles. The highest BCUT2D eigenvalue weighted by Crippen LogP contribution is 2.22. The van der Waals surface area contributed by atoms with Gasteiger partial charge in [-0.2, -0.15) is 0 Å². The van der Waals surface area contributed by atoms with Crippen LogP contribution in [0.1, 0.15) is 36.0 Å². The lowest BCUT2D eigenvalue weighted by Gasteiger charge is -2.27. The van der Waals surface area contributed by atoms with Gasteiger partial charge in [0.25, 0.3) is 0 Å². The Hall–Kier alpha value is -1.51. The summed E-state index contributed by atoms with van der Waals surface area (Å²) < 4.78 is 0. The van der Waals surface area contributed by atoms with Crippen LogP contribution in [0.15, 0.2) is 12.1 Å². The summed E-state index contributed by atoms with van der Waals surface area (Å²) in [4.78, 5) is 14.1.